The second-order valence-electron chi connectivity index (χ2n) is 6.02. The van der Waals surface area contributed by atoms with Crippen molar-refractivity contribution in [3.05, 3.63) is 29.3 Å². The molecule has 1 N–H and O–H groups in total. The number of hydrogen-bond donors (Lipinski definition) is 1. The van der Waals surface area contributed by atoms with Crippen LogP contribution in [0, 0.1) is 11.6 Å². The summed E-state index contributed by atoms with van der Waals surface area (Å²) in [5, 5.41) is 8.86. The van der Waals surface area contributed by atoms with E-state index in [1.165, 1.54) is 0 Å². The Hall–Kier alpha value is -1.12. The molecule has 0 saturated carbocycles. The molecule has 8 heteroatoms. The van der Waals surface area contributed by atoms with Gasteiger partial charge in [0.15, 0.2) is 0 Å². The molecule has 1 aromatic rings. The first kappa shape index (κ1) is 18.9. The molecule has 0 bridgehead atoms. The minimum absolute atomic E-state index is 0.245. The van der Waals surface area contributed by atoms with Crippen LogP contribution >= 0.6 is 0 Å². The van der Waals surface area contributed by atoms with Gasteiger partial charge in [-0.05, 0) is 24.4 Å². The molecule has 0 aliphatic carbocycles. The lowest BCUT2D eigenvalue weighted by atomic mass is 10.2. The predicted molar refractivity (Wildman–Crippen MR) is 85.8 cm³/mol. The summed E-state index contributed by atoms with van der Waals surface area (Å²) >= 11 is 0. The van der Waals surface area contributed by atoms with Crippen LogP contribution in [0.5, 0.6) is 0 Å². The number of nitrogens with zero attached hydrogens (tertiary/aromatic N) is 1. The van der Waals surface area contributed by atoms with E-state index in [2.05, 4.69) is 24.0 Å². The molecule has 1 aromatic carbocycles. The molecule has 1 atom stereocenters. The molecule has 4 nitrogen and oxygen atoms in total. The van der Waals surface area contributed by atoms with E-state index in [-0.39, 0.29) is 4.90 Å². The number of aliphatic hydroxyl groups excluding tert-OH is 1. The second-order valence-corrected chi connectivity index (χ2v) is 13.2. The molecule has 124 valence electrons. The van der Waals surface area contributed by atoms with E-state index in [9.17, 15) is 13.6 Å². The number of rotatable bonds is 5. The Morgan fingerprint density at radius 3 is 2.32 bits per heavy atom. The van der Waals surface area contributed by atoms with Crippen molar-refractivity contribution in [1.82, 2.24) is 0 Å². The van der Waals surface area contributed by atoms with Gasteiger partial charge in [-0.15, -0.1) is 4.36 Å². The van der Waals surface area contributed by atoms with Crippen molar-refractivity contribution in [3.8, 4) is 0 Å². The summed E-state index contributed by atoms with van der Waals surface area (Å²) in [5.74, 6) is -1.70. The summed E-state index contributed by atoms with van der Waals surface area (Å²) < 4.78 is 36.0. The highest BCUT2D eigenvalue weighted by Gasteiger charge is 2.15. The van der Waals surface area contributed by atoms with Gasteiger partial charge >= 0.3 is 6.09 Å². The summed E-state index contributed by atoms with van der Waals surface area (Å²) in [6.07, 6.45) is 0.850. The van der Waals surface area contributed by atoms with Gasteiger partial charge < -0.3 is 9.84 Å². The van der Waals surface area contributed by atoms with Crippen molar-refractivity contribution < 1.29 is 23.4 Å². The van der Waals surface area contributed by atoms with Gasteiger partial charge in [-0.25, -0.2) is 13.6 Å². The first-order valence-electron chi connectivity index (χ1n) is 6.77. The second kappa shape index (κ2) is 7.93. The van der Waals surface area contributed by atoms with Crippen LogP contribution in [0.2, 0.25) is 25.7 Å². The molecule has 0 radical (unpaired) electrons. The molecular weight excluding hydrogens is 328 g/mol. The average Bonchev–Trinajstić information content (AvgIpc) is 2.36. The fraction of sp³-hybridized carbons (Fsp3) is 0.500. The first-order chi connectivity index (χ1) is 10.1. The van der Waals surface area contributed by atoms with Crippen LogP contribution in [0.3, 0.4) is 0 Å². The number of hydrogen-bond acceptors (Lipinski definition) is 3. The normalized spacial score (nSPS) is 13.2. The van der Waals surface area contributed by atoms with E-state index in [1.54, 1.807) is 6.26 Å². The zero-order valence-electron chi connectivity index (χ0n) is 13.2. The van der Waals surface area contributed by atoms with Crippen molar-refractivity contribution >= 4 is 24.9 Å². The van der Waals surface area contributed by atoms with E-state index in [0.29, 0.717) is 6.61 Å². The number of benzene rings is 1. The maximum atomic E-state index is 13.6. The number of amides is 1. The van der Waals surface area contributed by atoms with Gasteiger partial charge in [0, 0.05) is 18.5 Å². The highest BCUT2D eigenvalue weighted by atomic mass is 32.2. The van der Waals surface area contributed by atoms with Gasteiger partial charge in [0.25, 0.3) is 0 Å². The molecule has 0 saturated heterocycles. The van der Waals surface area contributed by atoms with Gasteiger partial charge in [0.1, 0.15) is 11.6 Å². The van der Waals surface area contributed by atoms with E-state index in [4.69, 9.17) is 9.84 Å². The molecule has 22 heavy (non-hydrogen) atoms. The highest BCUT2D eigenvalue weighted by Crippen LogP contribution is 2.18. The Kier molecular flexibility index (Phi) is 6.83. The first-order valence-corrected chi connectivity index (χ1v) is 12.1. The fourth-order valence-electron chi connectivity index (χ4n) is 1.54. The Labute approximate surface area is 132 Å². The van der Waals surface area contributed by atoms with Gasteiger partial charge in [-0.3, -0.25) is 0 Å². The third-order valence-electron chi connectivity index (χ3n) is 2.90. The zero-order chi connectivity index (χ0) is 16.9. The number of carbonyl (C=O) groups is 1. The van der Waals surface area contributed by atoms with Crippen LogP contribution in [0.4, 0.5) is 13.6 Å². The lowest BCUT2D eigenvalue weighted by Crippen LogP contribution is -2.22. The summed E-state index contributed by atoms with van der Waals surface area (Å²) in [7, 11) is -2.31. The number of aliphatic hydroxyl groups is 1. The number of ether oxygens (including phenoxy) is 1. The monoisotopic (exact) mass is 349 g/mol. The van der Waals surface area contributed by atoms with E-state index < -0.39 is 48.7 Å². The predicted octanol–water partition coefficient (Wildman–Crippen LogP) is 3.72. The molecule has 0 spiro atoms. The Morgan fingerprint density at radius 2 is 1.86 bits per heavy atom. The number of carbonyl (C=O) groups excluding carboxylic acids is 1. The minimum atomic E-state index is -1.29. The van der Waals surface area contributed by atoms with Crippen molar-refractivity contribution in [2.45, 2.75) is 37.2 Å². The zero-order valence-corrected chi connectivity index (χ0v) is 15.0. The van der Waals surface area contributed by atoms with E-state index in [1.807, 2.05) is 0 Å². The van der Waals surface area contributed by atoms with Gasteiger partial charge in [0.05, 0.1) is 13.2 Å². The maximum Gasteiger partial charge on any atom is 0.439 e. The average molecular weight is 349 g/mol. The van der Waals surface area contributed by atoms with Crippen LogP contribution in [-0.4, -0.2) is 32.1 Å². The Bertz CT molecular complexity index is 565. The van der Waals surface area contributed by atoms with Crippen molar-refractivity contribution in [1.29, 1.82) is 0 Å². The van der Waals surface area contributed by atoms with Crippen LogP contribution < -0.4 is 0 Å². The minimum Gasteiger partial charge on any atom is -0.448 e. The summed E-state index contributed by atoms with van der Waals surface area (Å²) in [6, 6.07) is 2.99. The van der Waals surface area contributed by atoms with E-state index in [0.717, 1.165) is 18.2 Å². The standard InChI is InChI=1S/C14H21F2NO3SSi/c1-21(17-14(19)20-5-6-22(2,3)4)10-7-12(15)11(9-18)13(16)8-10/h7-8,18H,5-6,9H2,1-4H3. The van der Waals surface area contributed by atoms with Crippen LogP contribution in [0.1, 0.15) is 5.56 Å². The third kappa shape index (κ3) is 5.94. The molecule has 0 aromatic heterocycles. The molecule has 1 unspecified atom stereocenters. The van der Waals surface area contributed by atoms with E-state index >= 15 is 0 Å². The molecule has 1 rings (SSSR count). The highest BCUT2D eigenvalue weighted by molar-refractivity contribution is 7.86. The molecule has 1 amide bonds. The molecule has 0 aliphatic heterocycles. The van der Waals surface area contributed by atoms with Crippen molar-refractivity contribution in [3.63, 3.8) is 0 Å². The largest absolute Gasteiger partial charge is 0.448 e. The lowest BCUT2D eigenvalue weighted by molar-refractivity contribution is 0.164. The van der Waals surface area contributed by atoms with Crippen molar-refractivity contribution in [2.75, 3.05) is 12.9 Å². The smallest absolute Gasteiger partial charge is 0.439 e. The molecular formula is C14H21F2NO3SSi. The van der Waals surface area contributed by atoms with Gasteiger partial charge in [-0.2, -0.15) is 0 Å². The Balaban J connectivity index is 2.78. The summed E-state index contributed by atoms with van der Waals surface area (Å²) in [5.41, 5.74) is -0.390. The fourth-order valence-corrected chi connectivity index (χ4v) is 3.18. The topological polar surface area (TPSA) is 58.9 Å². The van der Waals surface area contributed by atoms with Crippen LogP contribution in [-0.2, 0) is 22.0 Å². The maximum absolute atomic E-state index is 13.6. The lowest BCUT2D eigenvalue weighted by Gasteiger charge is -2.14. The van der Waals surface area contributed by atoms with Crippen LogP contribution in [0.15, 0.2) is 21.4 Å². The Morgan fingerprint density at radius 1 is 1.32 bits per heavy atom. The number of halogens is 2. The molecule has 0 aliphatic rings. The summed E-state index contributed by atoms with van der Waals surface area (Å²) in [4.78, 5) is 11.9. The van der Waals surface area contributed by atoms with Crippen LogP contribution in [0.25, 0.3) is 0 Å². The third-order valence-corrected chi connectivity index (χ3v) is 5.95. The van der Waals surface area contributed by atoms with Crippen molar-refractivity contribution in [2.24, 2.45) is 4.36 Å². The molecule has 0 fully saturated rings. The molecule has 0 heterocycles. The summed E-state index contributed by atoms with van der Waals surface area (Å²) in [6.45, 7) is 6.08. The SMILES string of the molecule is C/S(=N\C(=O)OCC[Si](C)(C)C)c1cc(F)c(CO)c(F)c1. The quantitative estimate of drug-likeness (QED) is 0.824. The van der Waals surface area contributed by atoms with Gasteiger partial charge in [0.2, 0.25) is 0 Å². The van der Waals surface area contributed by atoms with Gasteiger partial charge in [-0.1, -0.05) is 30.3 Å².